The third-order valence-electron chi connectivity index (χ3n) is 6.80. The van der Waals surface area contributed by atoms with Crippen LogP contribution in [0.4, 0.5) is 0 Å². The first-order valence-electron chi connectivity index (χ1n) is 12.4. The largest absolute Gasteiger partial charge is 0.508 e. The molecule has 3 aromatic carbocycles. The minimum absolute atomic E-state index is 0.0786. The normalized spacial score (nSPS) is 14.9. The zero-order chi connectivity index (χ0) is 26.7. The van der Waals surface area contributed by atoms with Crippen LogP contribution in [0.2, 0.25) is 5.02 Å². The zero-order valence-electron chi connectivity index (χ0n) is 20.8. The van der Waals surface area contributed by atoms with E-state index >= 15 is 0 Å². The van der Waals surface area contributed by atoms with Crippen molar-refractivity contribution in [3.8, 4) is 5.75 Å². The number of aromatic nitrogens is 1. The molecule has 2 heterocycles. The van der Waals surface area contributed by atoms with Crippen LogP contribution >= 0.6 is 11.6 Å². The number of aromatic hydroxyl groups is 1. The molecule has 38 heavy (non-hydrogen) atoms. The van der Waals surface area contributed by atoms with Crippen LogP contribution in [0.25, 0.3) is 10.9 Å². The van der Waals surface area contributed by atoms with E-state index in [0.29, 0.717) is 47.8 Å². The van der Waals surface area contributed by atoms with Gasteiger partial charge in [-0.25, -0.2) is 8.42 Å². The number of hydrogen-bond acceptors (Lipinski definition) is 6. The van der Waals surface area contributed by atoms with Gasteiger partial charge in [0, 0.05) is 60.5 Å². The summed E-state index contributed by atoms with van der Waals surface area (Å²) >= 11 is 6.08. The van der Waals surface area contributed by atoms with Crippen molar-refractivity contribution in [2.45, 2.75) is 23.6 Å². The number of nitrogens with zero attached hydrogens (tertiary/aromatic N) is 3. The number of halogens is 1. The molecule has 1 aliphatic heterocycles. The lowest BCUT2D eigenvalue weighted by atomic mass is 10.1. The maximum Gasteiger partial charge on any atom is 0.253 e. The molecule has 0 saturated carbocycles. The number of phenolic OH excluding ortho intramolecular Hbond substituents is 1. The molecule has 0 aliphatic carbocycles. The van der Waals surface area contributed by atoms with Crippen LogP contribution in [-0.2, 0) is 22.1 Å². The maximum absolute atomic E-state index is 13.2. The van der Waals surface area contributed by atoms with E-state index in [1.165, 1.54) is 0 Å². The van der Waals surface area contributed by atoms with E-state index < -0.39 is 9.84 Å². The summed E-state index contributed by atoms with van der Waals surface area (Å²) in [5, 5.41) is 11.5. The molecule has 0 atom stereocenters. The van der Waals surface area contributed by atoms with Gasteiger partial charge in [-0.3, -0.25) is 14.7 Å². The highest BCUT2D eigenvalue weighted by atomic mass is 35.5. The summed E-state index contributed by atoms with van der Waals surface area (Å²) in [7, 11) is -3.63. The van der Waals surface area contributed by atoms with Gasteiger partial charge < -0.3 is 10.0 Å². The molecule has 1 aromatic heterocycles. The Hall–Kier alpha value is -3.46. The highest BCUT2D eigenvalue weighted by Gasteiger charge is 2.22. The number of pyridine rings is 1. The molecule has 1 amide bonds. The predicted molar refractivity (Wildman–Crippen MR) is 148 cm³/mol. The van der Waals surface area contributed by atoms with Crippen molar-refractivity contribution in [3.63, 3.8) is 0 Å². The second-order valence-electron chi connectivity index (χ2n) is 9.48. The summed E-state index contributed by atoms with van der Waals surface area (Å²) in [6.45, 7) is 3.22. The molecule has 0 unspecified atom stereocenters. The standard InChI is InChI=1S/C29H28ClN3O4S/c30-25-11-12-26(34)24(18-25)19-32-14-3-15-33(17-16-32)29(35)23-9-7-21(8-10-23)20-38(36,37)27-6-1-4-22-5-2-13-31-28(22)27/h1-2,4-13,18,34H,3,14-17,19-20H2. The van der Waals surface area contributed by atoms with Crippen LogP contribution in [0.1, 0.15) is 27.9 Å². The number of fused-ring (bicyclic) bond motifs is 1. The van der Waals surface area contributed by atoms with Crippen molar-refractivity contribution in [2.75, 3.05) is 26.2 Å². The molecule has 0 radical (unpaired) electrons. The number of rotatable bonds is 6. The van der Waals surface area contributed by atoms with Crippen LogP contribution in [0.3, 0.4) is 0 Å². The Kier molecular flexibility index (Phi) is 7.65. The minimum atomic E-state index is -3.63. The molecular weight excluding hydrogens is 522 g/mol. The monoisotopic (exact) mass is 549 g/mol. The maximum atomic E-state index is 13.2. The van der Waals surface area contributed by atoms with Crippen LogP contribution in [-0.4, -0.2) is 60.4 Å². The second-order valence-corrected chi connectivity index (χ2v) is 11.9. The number of hydrogen-bond donors (Lipinski definition) is 1. The zero-order valence-corrected chi connectivity index (χ0v) is 22.3. The van der Waals surface area contributed by atoms with Crippen molar-refractivity contribution in [1.82, 2.24) is 14.8 Å². The molecule has 9 heteroatoms. The molecule has 4 aromatic rings. The minimum Gasteiger partial charge on any atom is -0.508 e. The summed E-state index contributed by atoms with van der Waals surface area (Å²) in [5.74, 6) is -0.0397. The Morgan fingerprint density at radius 2 is 1.74 bits per heavy atom. The van der Waals surface area contributed by atoms with Crippen LogP contribution in [0.15, 0.2) is 83.9 Å². The first-order valence-corrected chi connectivity index (χ1v) is 14.5. The number of amides is 1. The molecule has 1 fully saturated rings. The number of phenols is 1. The average Bonchev–Trinajstić information content (AvgIpc) is 3.16. The fourth-order valence-electron chi connectivity index (χ4n) is 4.80. The van der Waals surface area contributed by atoms with Crippen molar-refractivity contribution in [3.05, 3.63) is 101 Å². The summed E-state index contributed by atoms with van der Waals surface area (Å²) in [6, 6.07) is 20.6. The first-order chi connectivity index (χ1) is 18.3. The predicted octanol–water partition coefficient (Wildman–Crippen LogP) is 4.92. The molecular formula is C29H28ClN3O4S. The van der Waals surface area contributed by atoms with Crippen molar-refractivity contribution >= 4 is 38.2 Å². The van der Waals surface area contributed by atoms with Gasteiger partial charge in [0.1, 0.15) is 5.75 Å². The Labute approximate surface area is 227 Å². The van der Waals surface area contributed by atoms with Gasteiger partial charge in [-0.05, 0) is 54.4 Å². The Balaban J connectivity index is 1.23. The fourth-order valence-corrected chi connectivity index (χ4v) is 6.54. The van der Waals surface area contributed by atoms with Crippen molar-refractivity contribution < 1.29 is 18.3 Å². The third kappa shape index (κ3) is 5.83. The molecule has 0 spiro atoms. The van der Waals surface area contributed by atoms with Crippen LogP contribution in [0, 0.1) is 0 Å². The van der Waals surface area contributed by atoms with Gasteiger partial charge in [0.2, 0.25) is 0 Å². The summed E-state index contributed by atoms with van der Waals surface area (Å²) < 4.78 is 26.4. The van der Waals surface area contributed by atoms with E-state index in [0.717, 1.165) is 23.9 Å². The van der Waals surface area contributed by atoms with Gasteiger partial charge in [0.15, 0.2) is 9.84 Å². The topological polar surface area (TPSA) is 90.8 Å². The highest BCUT2D eigenvalue weighted by molar-refractivity contribution is 7.90. The van der Waals surface area contributed by atoms with E-state index in [1.54, 1.807) is 66.9 Å². The highest BCUT2D eigenvalue weighted by Crippen LogP contribution is 2.25. The quantitative estimate of drug-likeness (QED) is 0.367. The second kappa shape index (κ2) is 11.1. The van der Waals surface area contributed by atoms with Gasteiger partial charge in [-0.15, -0.1) is 0 Å². The average molecular weight is 550 g/mol. The Morgan fingerprint density at radius 3 is 2.55 bits per heavy atom. The molecule has 1 saturated heterocycles. The van der Waals surface area contributed by atoms with E-state index in [9.17, 15) is 18.3 Å². The molecule has 0 bridgehead atoms. The van der Waals surface area contributed by atoms with Gasteiger partial charge in [-0.1, -0.05) is 41.9 Å². The molecule has 7 nitrogen and oxygen atoms in total. The van der Waals surface area contributed by atoms with Crippen molar-refractivity contribution in [1.29, 1.82) is 0 Å². The summed E-state index contributed by atoms with van der Waals surface area (Å²) in [5.41, 5.74) is 2.36. The summed E-state index contributed by atoms with van der Waals surface area (Å²) in [4.78, 5) is 21.7. The molecule has 5 rings (SSSR count). The SMILES string of the molecule is O=C(c1ccc(CS(=O)(=O)c2cccc3cccnc23)cc1)N1CCCN(Cc2cc(Cl)ccc2O)CC1. The number of para-hydroxylation sites is 1. The van der Waals surface area contributed by atoms with Gasteiger partial charge >= 0.3 is 0 Å². The van der Waals surface area contributed by atoms with Crippen LogP contribution < -0.4 is 0 Å². The van der Waals surface area contributed by atoms with Gasteiger partial charge in [-0.2, -0.15) is 0 Å². The van der Waals surface area contributed by atoms with Gasteiger partial charge in [0.05, 0.1) is 16.2 Å². The first kappa shape index (κ1) is 26.2. The molecule has 1 aliphatic rings. The smallest absolute Gasteiger partial charge is 0.253 e. The third-order valence-corrected chi connectivity index (χ3v) is 8.75. The van der Waals surface area contributed by atoms with E-state index in [1.807, 2.05) is 17.0 Å². The van der Waals surface area contributed by atoms with E-state index in [4.69, 9.17) is 11.6 Å². The molecule has 196 valence electrons. The lowest BCUT2D eigenvalue weighted by molar-refractivity contribution is 0.0761. The number of carbonyl (C=O) groups is 1. The van der Waals surface area contributed by atoms with Gasteiger partial charge in [0.25, 0.3) is 5.91 Å². The number of benzene rings is 3. The fraction of sp³-hybridized carbons (Fsp3) is 0.241. The molecule has 1 N–H and O–H groups in total. The Bertz CT molecular complexity index is 1570. The van der Waals surface area contributed by atoms with Crippen LogP contribution in [0.5, 0.6) is 5.75 Å². The number of carbonyl (C=O) groups excluding carboxylic acids is 1. The van der Waals surface area contributed by atoms with E-state index in [-0.39, 0.29) is 22.3 Å². The van der Waals surface area contributed by atoms with E-state index in [2.05, 4.69) is 9.88 Å². The lowest BCUT2D eigenvalue weighted by Crippen LogP contribution is -2.35. The summed E-state index contributed by atoms with van der Waals surface area (Å²) in [6.07, 6.45) is 2.40. The number of sulfone groups is 1. The Morgan fingerprint density at radius 1 is 0.947 bits per heavy atom. The lowest BCUT2D eigenvalue weighted by Gasteiger charge is -2.22. The van der Waals surface area contributed by atoms with Crippen molar-refractivity contribution in [2.24, 2.45) is 0 Å².